The summed E-state index contributed by atoms with van der Waals surface area (Å²) in [5.74, 6) is 0.391. The molecule has 0 radical (unpaired) electrons. The Morgan fingerprint density at radius 2 is 2.07 bits per heavy atom. The molecule has 0 spiro atoms. The molecule has 2 atom stereocenters. The van der Waals surface area contributed by atoms with Crippen molar-refractivity contribution in [1.29, 1.82) is 0 Å². The predicted molar refractivity (Wildman–Crippen MR) is 60.7 cm³/mol. The van der Waals surface area contributed by atoms with Crippen LogP contribution in [0.5, 0.6) is 0 Å². The summed E-state index contributed by atoms with van der Waals surface area (Å²) < 4.78 is 5.30. The Morgan fingerprint density at radius 1 is 1.53 bits per heavy atom. The molecular formula is C12H21NO2. The van der Waals surface area contributed by atoms with Crippen molar-refractivity contribution < 1.29 is 9.53 Å². The first-order valence-corrected chi connectivity index (χ1v) is 5.36. The van der Waals surface area contributed by atoms with Gasteiger partial charge in [0.2, 0.25) is 0 Å². The minimum absolute atomic E-state index is 0.244. The monoisotopic (exact) mass is 211 g/mol. The molecule has 0 aromatic heterocycles. The molecule has 86 valence electrons. The molecule has 1 saturated carbocycles. The lowest BCUT2D eigenvalue weighted by molar-refractivity contribution is 0.0130. The van der Waals surface area contributed by atoms with E-state index in [9.17, 15) is 4.79 Å². The van der Waals surface area contributed by atoms with Crippen LogP contribution < -0.4 is 0 Å². The molecule has 0 aliphatic heterocycles. The smallest absolute Gasteiger partial charge is 0.410 e. The quantitative estimate of drug-likeness (QED) is 0.624. The lowest BCUT2D eigenvalue weighted by Crippen LogP contribution is -2.49. The third-order valence-electron chi connectivity index (χ3n) is 2.87. The Kier molecular flexibility index (Phi) is 3.12. The van der Waals surface area contributed by atoms with Gasteiger partial charge in [-0.1, -0.05) is 19.1 Å². The minimum Gasteiger partial charge on any atom is -0.444 e. The number of nitrogens with zero attached hydrogens (tertiary/aromatic N) is 1. The van der Waals surface area contributed by atoms with Crippen molar-refractivity contribution >= 4 is 6.09 Å². The van der Waals surface area contributed by atoms with Gasteiger partial charge in [0.05, 0.1) is 0 Å². The highest BCUT2D eigenvalue weighted by atomic mass is 16.6. The third kappa shape index (κ3) is 2.74. The fourth-order valence-corrected chi connectivity index (χ4v) is 1.68. The lowest BCUT2D eigenvalue weighted by atomic mass is 9.76. The minimum atomic E-state index is -0.421. The van der Waals surface area contributed by atoms with Gasteiger partial charge < -0.3 is 9.64 Å². The predicted octanol–water partition coefficient (Wildman–Crippen LogP) is 2.82. The molecule has 0 saturated heterocycles. The van der Waals surface area contributed by atoms with E-state index in [-0.39, 0.29) is 12.1 Å². The number of carbonyl (C=O) groups excluding carboxylic acids is 1. The summed E-state index contributed by atoms with van der Waals surface area (Å²) in [4.78, 5) is 13.4. The molecule has 0 bridgehead atoms. The molecule has 0 aromatic rings. The van der Waals surface area contributed by atoms with Gasteiger partial charge in [-0.25, -0.2) is 4.79 Å². The van der Waals surface area contributed by atoms with Crippen LogP contribution in [0.2, 0.25) is 0 Å². The summed E-state index contributed by atoms with van der Waals surface area (Å²) in [6.07, 6.45) is 0.656. The second kappa shape index (κ2) is 3.87. The van der Waals surface area contributed by atoms with Crippen molar-refractivity contribution in [3.05, 3.63) is 12.2 Å². The summed E-state index contributed by atoms with van der Waals surface area (Å²) >= 11 is 0. The second-order valence-corrected chi connectivity index (χ2v) is 5.31. The molecule has 2 unspecified atom stereocenters. The van der Waals surface area contributed by atoms with Crippen LogP contribution in [0.15, 0.2) is 12.2 Å². The zero-order valence-corrected chi connectivity index (χ0v) is 10.3. The highest BCUT2D eigenvalue weighted by Gasteiger charge is 2.37. The number of carbonyl (C=O) groups is 1. The molecule has 0 heterocycles. The van der Waals surface area contributed by atoms with Crippen molar-refractivity contribution in [3.8, 4) is 0 Å². The van der Waals surface area contributed by atoms with E-state index in [1.165, 1.54) is 5.57 Å². The molecular weight excluding hydrogens is 190 g/mol. The van der Waals surface area contributed by atoms with Crippen LogP contribution >= 0.6 is 0 Å². The van der Waals surface area contributed by atoms with Crippen LogP contribution in [-0.4, -0.2) is 29.7 Å². The van der Waals surface area contributed by atoms with Gasteiger partial charge in [-0.15, -0.1) is 0 Å². The first-order chi connectivity index (χ1) is 6.72. The maximum absolute atomic E-state index is 11.7. The SMILES string of the molecule is C=C1CC(N(C)C(=O)OC(C)(C)C)C1C. The van der Waals surface area contributed by atoms with Crippen molar-refractivity contribution in [2.45, 2.75) is 45.8 Å². The lowest BCUT2D eigenvalue weighted by Gasteiger charge is -2.42. The number of hydrogen-bond acceptors (Lipinski definition) is 2. The van der Waals surface area contributed by atoms with Gasteiger partial charge >= 0.3 is 6.09 Å². The van der Waals surface area contributed by atoms with Crippen LogP contribution in [0.1, 0.15) is 34.1 Å². The Bertz CT molecular complexity index is 278. The summed E-state index contributed by atoms with van der Waals surface area (Å²) in [6, 6.07) is 0.257. The fourth-order valence-electron chi connectivity index (χ4n) is 1.68. The van der Waals surface area contributed by atoms with Gasteiger partial charge in [0.25, 0.3) is 0 Å². The van der Waals surface area contributed by atoms with Gasteiger partial charge in [-0.2, -0.15) is 0 Å². The molecule has 1 aliphatic rings. The molecule has 1 rings (SSSR count). The summed E-state index contributed by atoms with van der Waals surface area (Å²) in [6.45, 7) is 11.7. The van der Waals surface area contributed by atoms with Crippen molar-refractivity contribution in [3.63, 3.8) is 0 Å². The van der Waals surface area contributed by atoms with Crippen LogP contribution in [0, 0.1) is 5.92 Å². The van der Waals surface area contributed by atoms with E-state index in [1.54, 1.807) is 11.9 Å². The summed E-state index contributed by atoms with van der Waals surface area (Å²) in [7, 11) is 1.79. The van der Waals surface area contributed by atoms with Crippen LogP contribution in [0.25, 0.3) is 0 Å². The van der Waals surface area contributed by atoms with E-state index < -0.39 is 5.60 Å². The second-order valence-electron chi connectivity index (χ2n) is 5.31. The molecule has 0 aromatic carbocycles. The van der Waals surface area contributed by atoms with Crippen LogP contribution in [0.3, 0.4) is 0 Å². The fraction of sp³-hybridized carbons (Fsp3) is 0.750. The van der Waals surface area contributed by atoms with Gasteiger partial charge in [0.15, 0.2) is 0 Å². The molecule has 0 N–H and O–H groups in total. The summed E-state index contributed by atoms with van der Waals surface area (Å²) in [5, 5.41) is 0. The Balaban J connectivity index is 2.51. The number of ether oxygens (including phenoxy) is 1. The number of hydrogen-bond donors (Lipinski definition) is 0. The molecule has 3 heteroatoms. The number of amides is 1. The Labute approximate surface area is 92.1 Å². The Hall–Kier alpha value is -0.990. The average molecular weight is 211 g/mol. The maximum Gasteiger partial charge on any atom is 0.410 e. The zero-order chi connectivity index (χ0) is 11.8. The van der Waals surface area contributed by atoms with Gasteiger partial charge in [0, 0.05) is 13.1 Å². The van der Waals surface area contributed by atoms with Crippen LogP contribution in [-0.2, 0) is 4.74 Å². The first kappa shape index (κ1) is 12.1. The van der Waals surface area contributed by atoms with Crippen molar-refractivity contribution in [1.82, 2.24) is 4.90 Å². The third-order valence-corrected chi connectivity index (χ3v) is 2.87. The molecule has 1 aliphatic carbocycles. The van der Waals surface area contributed by atoms with E-state index in [0.717, 1.165) is 6.42 Å². The van der Waals surface area contributed by atoms with Crippen molar-refractivity contribution in [2.75, 3.05) is 7.05 Å². The van der Waals surface area contributed by atoms with Crippen molar-refractivity contribution in [2.24, 2.45) is 5.92 Å². The maximum atomic E-state index is 11.7. The van der Waals surface area contributed by atoms with Gasteiger partial charge in [0.1, 0.15) is 5.60 Å². The Morgan fingerprint density at radius 3 is 2.40 bits per heavy atom. The topological polar surface area (TPSA) is 29.5 Å². The van der Waals surface area contributed by atoms with Gasteiger partial charge in [-0.3, -0.25) is 0 Å². The normalized spacial score (nSPS) is 25.8. The van der Waals surface area contributed by atoms with E-state index >= 15 is 0 Å². The average Bonchev–Trinajstić information content (AvgIpc) is 2.09. The van der Waals surface area contributed by atoms with Crippen LogP contribution in [0.4, 0.5) is 4.79 Å². The molecule has 1 fully saturated rings. The van der Waals surface area contributed by atoms with E-state index in [0.29, 0.717) is 5.92 Å². The largest absolute Gasteiger partial charge is 0.444 e. The highest BCUT2D eigenvalue weighted by molar-refractivity contribution is 5.68. The molecule has 15 heavy (non-hydrogen) atoms. The van der Waals surface area contributed by atoms with E-state index in [2.05, 4.69) is 13.5 Å². The van der Waals surface area contributed by atoms with Gasteiger partial charge in [-0.05, 0) is 33.1 Å². The molecule has 3 nitrogen and oxygen atoms in total. The highest BCUT2D eigenvalue weighted by Crippen LogP contribution is 2.35. The van der Waals surface area contributed by atoms with E-state index in [1.807, 2.05) is 20.8 Å². The first-order valence-electron chi connectivity index (χ1n) is 5.36. The summed E-state index contributed by atoms with van der Waals surface area (Å²) in [5.41, 5.74) is 0.797. The standard InChI is InChI=1S/C12H21NO2/c1-8-7-10(9(8)2)13(6)11(14)15-12(3,4)5/h9-10H,1,7H2,2-6H3. The zero-order valence-electron chi connectivity index (χ0n) is 10.3. The molecule has 1 amide bonds. The number of rotatable bonds is 1. The van der Waals surface area contributed by atoms with E-state index in [4.69, 9.17) is 4.74 Å².